The quantitative estimate of drug-likeness (QED) is 0.0835. The number of hydrogen-bond acceptors (Lipinski definition) is 9. The van der Waals surface area contributed by atoms with Crippen LogP contribution < -0.4 is 30.7 Å². The molecule has 1 fully saturated rings. The van der Waals surface area contributed by atoms with Crippen molar-refractivity contribution in [3.05, 3.63) is 83.3 Å². The molecule has 3 amide bonds. The van der Waals surface area contributed by atoms with E-state index in [9.17, 15) is 31.9 Å². The largest absolute Gasteiger partial charge is 0.485 e. The third kappa shape index (κ3) is 6.34. The van der Waals surface area contributed by atoms with E-state index in [1.807, 2.05) is 6.92 Å². The van der Waals surface area contributed by atoms with Gasteiger partial charge in [-0.05, 0) is 49.4 Å². The van der Waals surface area contributed by atoms with Crippen molar-refractivity contribution >= 4 is 40.1 Å². The Morgan fingerprint density at radius 3 is 2.55 bits per heavy atom. The van der Waals surface area contributed by atoms with Crippen molar-refractivity contribution in [3.63, 3.8) is 0 Å². The van der Waals surface area contributed by atoms with Crippen LogP contribution >= 0.6 is 0 Å². The fourth-order valence-electron chi connectivity index (χ4n) is 5.26. The molecule has 3 aromatic heterocycles. The van der Waals surface area contributed by atoms with Gasteiger partial charge in [0.1, 0.15) is 24.2 Å². The number of likely N-dealkylation sites (N-methyl/N-ethyl adjacent to an activating group) is 1. The second kappa shape index (κ2) is 13.3. The molecular formula is C32H28F4N8O5. The number of H-pyrrole nitrogens is 1. The van der Waals surface area contributed by atoms with Crippen molar-refractivity contribution in [2.45, 2.75) is 26.3 Å². The minimum Gasteiger partial charge on any atom is -0.485 e. The average molecular weight is 681 g/mol. The van der Waals surface area contributed by atoms with Crippen LogP contribution in [0.3, 0.4) is 0 Å². The Bertz CT molecular complexity index is 2080. The first-order valence-corrected chi connectivity index (χ1v) is 14.9. The zero-order valence-electron chi connectivity index (χ0n) is 25.9. The number of para-hydroxylation sites is 1. The van der Waals surface area contributed by atoms with Gasteiger partial charge in [-0.1, -0.05) is 13.0 Å². The van der Waals surface area contributed by atoms with E-state index in [4.69, 9.17) is 15.2 Å². The van der Waals surface area contributed by atoms with Gasteiger partial charge in [-0.3, -0.25) is 9.59 Å². The van der Waals surface area contributed by atoms with E-state index in [1.54, 1.807) is 6.92 Å². The van der Waals surface area contributed by atoms with Gasteiger partial charge in [0.2, 0.25) is 17.4 Å². The molecule has 254 valence electrons. The maximum absolute atomic E-state index is 14.1. The van der Waals surface area contributed by atoms with E-state index in [1.165, 1.54) is 47.4 Å². The summed E-state index contributed by atoms with van der Waals surface area (Å²) in [4.78, 5) is 47.4. The van der Waals surface area contributed by atoms with Crippen molar-refractivity contribution in [2.24, 2.45) is 0 Å². The van der Waals surface area contributed by atoms with Crippen LogP contribution in [0.15, 0.2) is 54.9 Å². The number of aromatic amines is 1. The van der Waals surface area contributed by atoms with Crippen LogP contribution in [-0.4, -0.2) is 69.6 Å². The standard InChI is InChI=1S/C32H28F4N8O5/c1-3-38-12-22-31(46)43(32(47)42-22)23-10-20-16(9-25(23)48-14-26(35)36)8-21(41-20)28(45)17-11-40-44(30(17)37)24-13-39-27(7-15(24)2)49-29-18(33)5-4-6-19(29)34/h4-11,13,22,26,38,41H,3,12,14,37H2,1-2H3,(H,42,47). The zero-order chi connectivity index (χ0) is 35.0. The number of aryl methyl sites for hydroxylation is 1. The normalized spacial score (nSPS) is 14.6. The lowest BCUT2D eigenvalue weighted by Crippen LogP contribution is -2.39. The third-order valence-corrected chi connectivity index (χ3v) is 7.63. The van der Waals surface area contributed by atoms with E-state index in [2.05, 4.69) is 25.7 Å². The van der Waals surface area contributed by atoms with Gasteiger partial charge in [0.05, 0.1) is 35.0 Å². The number of anilines is 2. The highest BCUT2D eigenvalue weighted by molar-refractivity contribution is 6.23. The minimum atomic E-state index is -2.84. The lowest BCUT2D eigenvalue weighted by atomic mass is 10.1. The number of hydrogen-bond donors (Lipinski definition) is 4. The topological polar surface area (TPSA) is 169 Å². The number of pyridine rings is 1. The number of rotatable bonds is 12. The smallest absolute Gasteiger partial charge is 0.329 e. The molecule has 1 aliphatic heterocycles. The number of nitrogens with one attached hydrogen (secondary N) is 3. The Morgan fingerprint density at radius 2 is 1.86 bits per heavy atom. The molecule has 1 atom stereocenters. The Labute approximate surface area is 275 Å². The van der Waals surface area contributed by atoms with Crippen molar-refractivity contribution < 1.29 is 41.4 Å². The molecule has 5 aromatic rings. The number of fused-ring (bicyclic) bond motifs is 1. The average Bonchev–Trinajstić information content (AvgIpc) is 3.74. The van der Waals surface area contributed by atoms with Crippen LogP contribution in [0, 0.1) is 18.6 Å². The number of carbonyl (C=O) groups excluding carboxylic acids is 3. The first kappa shape index (κ1) is 33.0. The second-order valence-electron chi connectivity index (χ2n) is 10.9. The van der Waals surface area contributed by atoms with Gasteiger partial charge in [-0.25, -0.2) is 36.9 Å². The van der Waals surface area contributed by atoms with Crippen LogP contribution in [0.25, 0.3) is 16.6 Å². The summed E-state index contributed by atoms with van der Waals surface area (Å²) in [5.74, 6) is -3.95. The summed E-state index contributed by atoms with van der Waals surface area (Å²) in [6.07, 6.45) is -0.291. The molecule has 5 N–H and O–H groups in total. The van der Waals surface area contributed by atoms with Crippen molar-refractivity contribution in [3.8, 4) is 23.1 Å². The number of aromatic nitrogens is 4. The molecule has 17 heteroatoms. The number of imide groups is 1. The molecule has 2 aromatic carbocycles. The molecule has 0 bridgehead atoms. The molecule has 0 saturated carbocycles. The van der Waals surface area contributed by atoms with Crippen LogP contribution in [0.1, 0.15) is 28.5 Å². The SMILES string of the molecule is CCNCC1NC(=O)N(c2cc3[nH]c(C(=O)c4cnn(-c5cnc(Oc6c(F)cccc6F)cc5C)c4N)cc3cc2OCC(F)F)C1=O. The highest BCUT2D eigenvalue weighted by atomic mass is 19.3. The maximum Gasteiger partial charge on any atom is 0.329 e. The molecule has 1 aliphatic rings. The molecule has 0 spiro atoms. The summed E-state index contributed by atoms with van der Waals surface area (Å²) >= 11 is 0. The molecule has 49 heavy (non-hydrogen) atoms. The molecule has 0 radical (unpaired) electrons. The van der Waals surface area contributed by atoms with Crippen LogP contribution in [-0.2, 0) is 4.79 Å². The summed E-state index contributed by atoms with van der Waals surface area (Å²) in [5.41, 5.74) is 7.42. The van der Waals surface area contributed by atoms with Gasteiger partial charge in [-0.2, -0.15) is 5.10 Å². The Morgan fingerprint density at radius 1 is 1.10 bits per heavy atom. The number of ether oxygens (including phenoxy) is 2. The van der Waals surface area contributed by atoms with E-state index in [0.717, 1.165) is 17.0 Å². The van der Waals surface area contributed by atoms with Crippen molar-refractivity contribution in [1.29, 1.82) is 0 Å². The highest BCUT2D eigenvalue weighted by Crippen LogP contribution is 2.36. The van der Waals surface area contributed by atoms with Crippen LogP contribution in [0.4, 0.5) is 33.9 Å². The van der Waals surface area contributed by atoms with Crippen LogP contribution in [0.5, 0.6) is 17.4 Å². The van der Waals surface area contributed by atoms with E-state index >= 15 is 0 Å². The highest BCUT2D eigenvalue weighted by Gasteiger charge is 2.40. The summed E-state index contributed by atoms with van der Waals surface area (Å²) in [6.45, 7) is 3.19. The number of halogens is 4. The summed E-state index contributed by atoms with van der Waals surface area (Å²) in [7, 11) is 0. The molecular weight excluding hydrogens is 652 g/mol. The van der Waals surface area contributed by atoms with Gasteiger partial charge >= 0.3 is 6.03 Å². The summed E-state index contributed by atoms with van der Waals surface area (Å²) in [5, 5.41) is 10.1. The maximum atomic E-state index is 14.1. The minimum absolute atomic E-state index is 0.00512. The number of nitrogens with two attached hydrogens (primary N) is 1. The number of urea groups is 1. The number of nitrogen functional groups attached to an aromatic ring is 1. The van der Waals surface area contributed by atoms with E-state index in [0.29, 0.717) is 28.7 Å². The van der Waals surface area contributed by atoms with E-state index in [-0.39, 0.29) is 40.9 Å². The van der Waals surface area contributed by atoms with Crippen LogP contribution in [0.2, 0.25) is 0 Å². The number of benzene rings is 2. The Balaban J connectivity index is 1.29. The second-order valence-corrected chi connectivity index (χ2v) is 10.9. The number of carbonyl (C=O) groups is 3. The fraction of sp³-hybridized carbons (Fsp3) is 0.219. The number of amides is 3. The Kier molecular flexibility index (Phi) is 8.92. The Hall–Kier alpha value is -5.97. The lowest BCUT2D eigenvalue weighted by molar-refractivity contribution is -0.118. The van der Waals surface area contributed by atoms with Gasteiger partial charge < -0.3 is 30.8 Å². The molecule has 1 saturated heterocycles. The molecule has 0 aliphatic carbocycles. The van der Waals surface area contributed by atoms with Gasteiger partial charge in [0, 0.05) is 23.5 Å². The number of ketones is 1. The third-order valence-electron chi connectivity index (χ3n) is 7.63. The van der Waals surface area contributed by atoms with Crippen molar-refractivity contribution in [2.75, 3.05) is 30.3 Å². The van der Waals surface area contributed by atoms with Gasteiger partial charge in [0.15, 0.2) is 11.6 Å². The molecule has 6 rings (SSSR count). The van der Waals surface area contributed by atoms with Gasteiger partial charge in [-0.15, -0.1) is 0 Å². The predicted octanol–water partition coefficient (Wildman–Crippen LogP) is 4.62. The summed E-state index contributed by atoms with van der Waals surface area (Å²) < 4.78 is 66.2. The fourth-order valence-corrected chi connectivity index (χ4v) is 5.26. The monoisotopic (exact) mass is 680 g/mol. The van der Waals surface area contributed by atoms with Gasteiger partial charge in [0.25, 0.3) is 12.3 Å². The summed E-state index contributed by atoms with van der Waals surface area (Å²) in [6, 6.07) is 7.20. The molecule has 13 nitrogen and oxygen atoms in total. The zero-order valence-corrected chi connectivity index (χ0v) is 25.9. The lowest BCUT2D eigenvalue weighted by Gasteiger charge is -2.18. The predicted molar refractivity (Wildman–Crippen MR) is 169 cm³/mol. The van der Waals surface area contributed by atoms with Crippen molar-refractivity contribution in [1.82, 2.24) is 30.4 Å². The molecule has 1 unspecified atom stereocenters. The first-order valence-electron chi connectivity index (χ1n) is 14.9. The van der Waals surface area contributed by atoms with E-state index < -0.39 is 54.2 Å². The molecule has 4 heterocycles. The number of nitrogens with zero attached hydrogens (tertiary/aromatic N) is 4. The first-order chi connectivity index (χ1) is 23.5. The number of alkyl halides is 2.